The van der Waals surface area contributed by atoms with Crippen LogP contribution in [0.2, 0.25) is 0 Å². The summed E-state index contributed by atoms with van der Waals surface area (Å²) in [5.74, 6) is 0. The Morgan fingerprint density at radius 1 is 1.16 bits per heavy atom. The third-order valence-electron chi connectivity index (χ3n) is 3.17. The summed E-state index contributed by atoms with van der Waals surface area (Å²) < 4.78 is 2.14. The molecule has 1 N–H and O–H groups in total. The van der Waals surface area contributed by atoms with Crippen molar-refractivity contribution in [2.24, 2.45) is 7.05 Å². The first-order valence-electron chi connectivity index (χ1n) is 5.88. The van der Waals surface area contributed by atoms with Gasteiger partial charge in [0.1, 0.15) is 11.8 Å². The van der Waals surface area contributed by atoms with Gasteiger partial charge in [-0.2, -0.15) is 0 Å². The third kappa shape index (κ3) is 2.15. The van der Waals surface area contributed by atoms with Gasteiger partial charge in [-0.3, -0.25) is 0 Å². The molecule has 2 aromatic carbocycles. The SMILES string of the molecule is Cn1nnc(Br)c1C(O)c1ccc2ccccc2c1. The maximum absolute atomic E-state index is 10.5. The molecule has 0 saturated carbocycles. The van der Waals surface area contributed by atoms with Crippen molar-refractivity contribution in [2.45, 2.75) is 6.10 Å². The van der Waals surface area contributed by atoms with E-state index in [4.69, 9.17) is 0 Å². The van der Waals surface area contributed by atoms with Gasteiger partial charge in [0.15, 0.2) is 4.60 Å². The van der Waals surface area contributed by atoms with E-state index >= 15 is 0 Å². The summed E-state index contributed by atoms with van der Waals surface area (Å²) in [6, 6.07) is 14.0. The molecule has 96 valence electrons. The molecular formula is C14H12BrN3O. The predicted octanol–water partition coefficient (Wildman–Crippen LogP) is 2.81. The Balaban J connectivity index is 2.09. The second kappa shape index (κ2) is 4.75. The van der Waals surface area contributed by atoms with Crippen LogP contribution in [-0.2, 0) is 7.05 Å². The van der Waals surface area contributed by atoms with Gasteiger partial charge < -0.3 is 5.11 Å². The lowest BCUT2D eigenvalue weighted by Crippen LogP contribution is -2.07. The number of aliphatic hydroxyl groups is 1. The summed E-state index contributed by atoms with van der Waals surface area (Å²) in [4.78, 5) is 0. The average Bonchev–Trinajstić information content (AvgIpc) is 2.77. The van der Waals surface area contributed by atoms with Crippen molar-refractivity contribution in [3.63, 3.8) is 0 Å². The lowest BCUT2D eigenvalue weighted by molar-refractivity contribution is 0.209. The number of hydrogen-bond acceptors (Lipinski definition) is 3. The van der Waals surface area contributed by atoms with Gasteiger partial charge in [0.05, 0.1) is 0 Å². The van der Waals surface area contributed by atoms with Crippen LogP contribution in [0.15, 0.2) is 47.1 Å². The van der Waals surface area contributed by atoms with Crippen LogP contribution in [0.25, 0.3) is 10.8 Å². The zero-order valence-electron chi connectivity index (χ0n) is 10.3. The fraction of sp³-hybridized carbons (Fsp3) is 0.143. The largest absolute Gasteiger partial charge is 0.382 e. The fourth-order valence-corrected chi connectivity index (χ4v) is 2.71. The summed E-state index contributed by atoms with van der Waals surface area (Å²) in [5, 5.41) is 20.5. The van der Waals surface area contributed by atoms with Gasteiger partial charge >= 0.3 is 0 Å². The molecule has 19 heavy (non-hydrogen) atoms. The summed E-state index contributed by atoms with van der Waals surface area (Å²) >= 11 is 3.31. The summed E-state index contributed by atoms with van der Waals surface area (Å²) in [7, 11) is 1.76. The Morgan fingerprint density at radius 3 is 2.58 bits per heavy atom. The molecule has 0 amide bonds. The van der Waals surface area contributed by atoms with E-state index in [1.807, 2.05) is 42.5 Å². The van der Waals surface area contributed by atoms with E-state index in [1.54, 1.807) is 11.7 Å². The first-order chi connectivity index (χ1) is 9.16. The highest BCUT2D eigenvalue weighted by molar-refractivity contribution is 9.10. The van der Waals surface area contributed by atoms with E-state index in [2.05, 4.69) is 26.2 Å². The predicted molar refractivity (Wildman–Crippen MR) is 76.7 cm³/mol. The molecule has 0 radical (unpaired) electrons. The first kappa shape index (κ1) is 12.3. The number of fused-ring (bicyclic) bond motifs is 1. The third-order valence-corrected chi connectivity index (χ3v) is 3.74. The zero-order chi connectivity index (χ0) is 13.4. The van der Waals surface area contributed by atoms with E-state index in [0.717, 1.165) is 16.3 Å². The second-order valence-electron chi connectivity index (χ2n) is 4.40. The first-order valence-corrected chi connectivity index (χ1v) is 6.68. The van der Waals surface area contributed by atoms with E-state index < -0.39 is 6.10 Å². The molecule has 1 unspecified atom stereocenters. The van der Waals surface area contributed by atoms with Crippen LogP contribution in [0, 0.1) is 0 Å². The van der Waals surface area contributed by atoms with E-state index in [1.165, 1.54) is 0 Å². The number of aromatic nitrogens is 3. The Bertz CT molecular complexity index is 719. The zero-order valence-corrected chi connectivity index (χ0v) is 11.9. The molecule has 1 aromatic heterocycles. The standard InChI is InChI=1S/C14H12BrN3O/c1-18-12(14(15)16-17-18)13(19)11-7-6-9-4-2-3-5-10(9)8-11/h2-8,13,19H,1H3. The number of aryl methyl sites for hydroxylation is 1. The van der Waals surface area contributed by atoms with Gasteiger partial charge in [-0.1, -0.05) is 41.6 Å². The topological polar surface area (TPSA) is 50.9 Å². The van der Waals surface area contributed by atoms with Crippen LogP contribution in [0.1, 0.15) is 17.4 Å². The van der Waals surface area contributed by atoms with Gasteiger partial charge in [0, 0.05) is 7.05 Å². The highest BCUT2D eigenvalue weighted by Crippen LogP contribution is 2.28. The summed E-state index contributed by atoms with van der Waals surface area (Å²) in [6.07, 6.45) is -0.751. The molecule has 0 saturated heterocycles. The van der Waals surface area contributed by atoms with E-state index in [0.29, 0.717) is 10.3 Å². The van der Waals surface area contributed by atoms with Crippen LogP contribution in [0.4, 0.5) is 0 Å². The lowest BCUT2D eigenvalue weighted by atomic mass is 10.0. The van der Waals surface area contributed by atoms with E-state index in [-0.39, 0.29) is 0 Å². The molecule has 0 aliphatic carbocycles. The minimum Gasteiger partial charge on any atom is -0.382 e. The minimum atomic E-state index is -0.751. The lowest BCUT2D eigenvalue weighted by Gasteiger charge is -2.12. The number of rotatable bonds is 2. The van der Waals surface area contributed by atoms with Crippen LogP contribution in [0.5, 0.6) is 0 Å². The normalized spacial score (nSPS) is 12.8. The molecule has 0 spiro atoms. The Morgan fingerprint density at radius 2 is 1.89 bits per heavy atom. The van der Waals surface area contributed by atoms with Crippen molar-refractivity contribution in [3.8, 4) is 0 Å². The molecule has 0 aliphatic rings. The van der Waals surface area contributed by atoms with Gasteiger partial charge in [-0.25, -0.2) is 4.68 Å². The molecular weight excluding hydrogens is 306 g/mol. The average molecular weight is 318 g/mol. The monoisotopic (exact) mass is 317 g/mol. The highest BCUT2D eigenvalue weighted by Gasteiger charge is 2.19. The van der Waals surface area contributed by atoms with Crippen molar-refractivity contribution in [1.29, 1.82) is 0 Å². The molecule has 0 fully saturated rings. The highest BCUT2D eigenvalue weighted by atomic mass is 79.9. The summed E-state index contributed by atoms with van der Waals surface area (Å²) in [6.45, 7) is 0. The number of nitrogens with zero attached hydrogens (tertiary/aromatic N) is 3. The van der Waals surface area contributed by atoms with Crippen molar-refractivity contribution in [1.82, 2.24) is 15.0 Å². The van der Waals surface area contributed by atoms with Crippen molar-refractivity contribution < 1.29 is 5.11 Å². The number of benzene rings is 2. The van der Waals surface area contributed by atoms with Crippen LogP contribution in [0.3, 0.4) is 0 Å². The molecule has 3 aromatic rings. The molecule has 3 rings (SSSR count). The van der Waals surface area contributed by atoms with Crippen LogP contribution >= 0.6 is 15.9 Å². The Labute approximate surface area is 118 Å². The van der Waals surface area contributed by atoms with Crippen molar-refractivity contribution in [3.05, 3.63) is 58.3 Å². The maximum Gasteiger partial charge on any atom is 0.154 e. The molecule has 5 heteroatoms. The number of hydrogen-bond donors (Lipinski definition) is 1. The van der Waals surface area contributed by atoms with Crippen molar-refractivity contribution >= 4 is 26.7 Å². The van der Waals surface area contributed by atoms with Crippen LogP contribution in [-0.4, -0.2) is 20.1 Å². The van der Waals surface area contributed by atoms with Gasteiger partial charge in [0.2, 0.25) is 0 Å². The van der Waals surface area contributed by atoms with E-state index in [9.17, 15) is 5.11 Å². The maximum atomic E-state index is 10.5. The van der Waals surface area contributed by atoms with Crippen LogP contribution < -0.4 is 0 Å². The van der Waals surface area contributed by atoms with Gasteiger partial charge in [-0.05, 0) is 38.3 Å². The molecule has 0 aliphatic heterocycles. The Hall–Kier alpha value is -1.72. The number of halogens is 1. The quantitative estimate of drug-likeness (QED) is 0.790. The molecule has 4 nitrogen and oxygen atoms in total. The van der Waals surface area contributed by atoms with Gasteiger partial charge in [-0.15, -0.1) is 5.10 Å². The number of aliphatic hydroxyl groups excluding tert-OH is 1. The van der Waals surface area contributed by atoms with Gasteiger partial charge in [0.25, 0.3) is 0 Å². The Kier molecular flexibility index (Phi) is 3.08. The minimum absolute atomic E-state index is 0.565. The smallest absolute Gasteiger partial charge is 0.154 e. The second-order valence-corrected chi connectivity index (χ2v) is 5.15. The summed E-state index contributed by atoms with van der Waals surface area (Å²) in [5.41, 5.74) is 1.47. The molecule has 1 heterocycles. The molecule has 0 bridgehead atoms. The fourth-order valence-electron chi connectivity index (χ4n) is 2.16. The molecule has 1 atom stereocenters. The van der Waals surface area contributed by atoms with Crippen molar-refractivity contribution in [2.75, 3.05) is 0 Å².